The van der Waals surface area contributed by atoms with Crippen molar-refractivity contribution in [1.82, 2.24) is 19.5 Å². The Morgan fingerprint density at radius 2 is 2.13 bits per heavy atom. The zero-order valence-corrected chi connectivity index (χ0v) is 9.36. The molecule has 2 aromatic rings. The van der Waals surface area contributed by atoms with Gasteiger partial charge in [0, 0.05) is 24.4 Å². The predicted molar refractivity (Wildman–Crippen MR) is 58.3 cm³/mol. The zero-order chi connectivity index (χ0) is 10.8. The number of aryl methyl sites for hydroxylation is 1. The van der Waals surface area contributed by atoms with E-state index in [1.165, 1.54) is 6.33 Å². The third-order valence-electron chi connectivity index (χ3n) is 2.26. The lowest BCUT2D eigenvalue weighted by atomic mass is 10.3. The van der Waals surface area contributed by atoms with Crippen LogP contribution in [0.1, 0.15) is 18.3 Å². The van der Waals surface area contributed by atoms with E-state index in [4.69, 9.17) is 11.6 Å². The van der Waals surface area contributed by atoms with Gasteiger partial charge in [-0.05, 0) is 6.92 Å². The SMILES string of the molecule is CCc1nccn1-c1ncnc(Cl)c1C. The lowest BCUT2D eigenvalue weighted by molar-refractivity contribution is 0.853. The van der Waals surface area contributed by atoms with Crippen molar-refractivity contribution in [3.8, 4) is 5.82 Å². The van der Waals surface area contributed by atoms with Crippen LogP contribution in [-0.2, 0) is 6.42 Å². The molecule has 0 saturated carbocycles. The summed E-state index contributed by atoms with van der Waals surface area (Å²) >= 11 is 5.94. The molecule has 0 aliphatic rings. The zero-order valence-electron chi connectivity index (χ0n) is 8.61. The van der Waals surface area contributed by atoms with Crippen molar-refractivity contribution in [3.63, 3.8) is 0 Å². The maximum atomic E-state index is 5.94. The van der Waals surface area contributed by atoms with Gasteiger partial charge in [0.05, 0.1) is 0 Å². The Labute approximate surface area is 93.0 Å². The smallest absolute Gasteiger partial charge is 0.145 e. The fourth-order valence-electron chi connectivity index (χ4n) is 1.45. The summed E-state index contributed by atoms with van der Waals surface area (Å²) in [6.45, 7) is 3.95. The van der Waals surface area contributed by atoms with Crippen molar-refractivity contribution in [2.75, 3.05) is 0 Å². The summed E-state index contributed by atoms with van der Waals surface area (Å²) in [7, 11) is 0. The van der Waals surface area contributed by atoms with Gasteiger partial charge in [0.25, 0.3) is 0 Å². The van der Waals surface area contributed by atoms with Crippen LogP contribution < -0.4 is 0 Å². The highest BCUT2D eigenvalue weighted by molar-refractivity contribution is 6.30. The Kier molecular flexibility index (Phi) is 2.68. The van der Waals surface area contributed by atoms with Crippen molar-refractivity contribution in [2.24, 2.45) is 0 Å². The molecular formula is C10H11ClN4. The molecule has 4 nitrogen and oxygen atoms in total. The van der Waals surface area contributed by atoms with Gasteiger partial charge < -0.3 is 0 Å². The lowest BCUT2D eigenvalue weighted by Gasteiger charge is -2.08. The summed E-state index contributed by atoms with van der Waals surface area (Å²) in [6.07, 6.45) is 5.96. The highest BCUT2D eigenvalue weighted by Gasteiger charge is 2.09. The van der Waals surface area contributed by atoms with Gasteiger partial charge in [-0.3, -0.25) is 4.57 Å². The number of hydrogen-bond donors (Lipinski definition) is 0. The van der Waals surface area contributed by atoms with Gasteiger partial charge in [0.2, 0.25) is 0 Å². The van der Waals surface area contributed by atoms with E-state index in [2.05, 4.69) is 21.9 Å². The van der Waals surface area contributed by atoms with Gasteiger partial charge in [0.15, 0.2) is 0 Å². The maximum Gasteiger partial charge on any atom is 0.145 e. The molecular weight excluding hydrogens is 212 g/mol. The van der Waals surface area contributed by atoms with Crippen LogP contribution in [0.25, 0.3) is 5.82 Å². The quantitative estimate of drug-likeness (QED) is 0.732. The molecule has 15 heavy (non-hydrogen) atoms. The second-order valence-electron chi connectivity index (χ2n) is 3.18. The van der Waals surface area contributed by atoms with Crippen LogP contribution in [0.15, 0.2) is 18.7 Å². The average molecular weight is 223 g/mol. The van der Waals surface area contributed by atoms with Crippen molar-refractivity contribution in [1.29, 1.82) is 0 Å². The normalized spacial score (nSPS) is 10.6. The van der Waals surface area contributed by atoms with Gasteiger partial charge in [-0.15, -0.1) is 0 Å². The minimum absolute atomic E-state index is 0.482. The minimum Gasteiger partial charge on any atom is -0.288 e. The van der Waals surface area contributed by atoms with Crippen molar-refractivity contribution in [2.45, 2.75) is 20.3 Å². The molecule has 0 atom stereocenters. The van der Waals surface area contributed by atoms with Crippen LogP contribution in [0, 0.1) is 6.92 Å². The Morgan fingerprint density at radius 1 is 1.33 bits per heavy atom. The molecule has 0 aromatic carbocycles. The molecule has 2 heterocycles. The average Bonchev–Trinajstić information content (AvgIpc) is 2.70. The van der Waals surface area contributed by atoms with Crippen molar-refractivity contribution >= 4 is 11.6 Å². The van der Waals surface area contributed by atoms with Crippen molar-refractivity contribution in [3.05, 3.63) is 35.3 Å². The molecule has 0 saturated heterocycles. The summed E-state index contributed by atoms with van der Waals surface area (Å²) in [4.78, 5) is 12.4. The molecule has 5 heteroatoms. The van der Waals surface area contributed by atoms with Crippen LogP contribution in [-0.4, -0.2) is 19.5 Å². The number of imidazole rings is 1. The number of rotatable bonds is 2. The standard InChI is InChI=1S/C10H11ClN4/c1-3-8-12-4-5-15(8)10-7(2)9(11)13-6-14-10/h4-6H,3H2,1-2H3. The monoisotopic (exact) mass is 222 g/mol. The second kappa shape index (κ2) is 3.98. The molecule has 0 aliphatic heterocycles. The van der Waals surface area contributed by atoms with Crippen molar-refractivity contribution < 1.29 is 0 Å². The van der Waals surface area contributed by atoms with E-state index < -0.39 is 0 Å². The third-order valence-corrected chi connectivity index (χ3v) is 2.64. The molecule has 0 fully saturated rings. The molecule has 0 amide bonds. The largest absolute Gasteiger partial charge is 0.288 e. The maximum absolute atomic E-state index is 5.94. The first-order valence-corrected chi connectivity index (χ1v) is 5.11. The Bertz CT molecular complexity index is 478. The van der Waals surface area contributed by atoms with E-state index in [1.54, 1.807) is 6.20 Å². The first kappa shape index (κ1) is 10.1. The molecule has 78 valence electrons. The highest BCUT2D eigenvalue weighted by atomic mass is 35.5. The predicted octanol–water partition coefficient (Wildman–Crippen LogP) is 2.19. The van der Waals surface area contributed by atoms with E-state index >= 15 is 0 Å². The summed E-state index contributed by atoms with van der Waals surface area (Å²) < 4.78 is 1.93. The molecule has 0 spiro atoms. The van der Waals surface area contributed by atoms with Gasteiger partial charge in [-0.1, -0.05) is 18.5 Å². The molecule has 0 radical (unpaired) electrons. The van der Waals surface area contributed by atoms with Crippen LogP contribution >= 0.6 is 11.6 Å². The summed E-state index contributed by atoms with van der Waals surface area (Å²) in [5.74, 6) is 1.76. The summed E-state index contributed by atoms with van der Waals surface area (Å²) in [5.41, 5.74) is 0.867. The summed E-state index contributed by atoms with van der Waals surface area (Å²) in [5, 5.41) is 0.482. The van der Waals surface area contributed by atoms with Gasteiger partial charge in [-0.2, -0.15) is 0 Å². The Hall–Kier alpha value is -1.42. The van der Waals surface area contributed by atoms with Crippen LogP contribution in [0.3, 0.4) is 0 Å². The third kappa shape index (κ3) is 1.72. The summed E-state index contributed by atoms with van der Waals surface area (Å²) in [6, 6.07) is 0. The molecule has 0 unspecified atom stereocenters. The second-order valence-corrected chi connectivity index (χ2v) is 3.54. The van der Waals surface area contributed by atoms with Gasteiger partial charge >= 0.3 is 0 Å². The molecule has 0 N–H and O–H groups in total. The van der Waals surface area contributed by atoms with Crippen LogP contribution in [0.5, 0.6) is 0 Å². The number of halogens is 1. The Morgan fingerprint density at radius 3 is 2.87 bits per heavy atom. The van der Waals surface area contributed by atoms with E-state index in [0.717, 1.165) is 23.6 Å². The molecule has 2 rings (SSSR count). The Balaban J connectivity index is 2.59. The molecule has 0 aliphatic carbocycles. The fourth-order valence-corrected chi connectivity index (χ4v) is 1.58. The highest BCUT2D eigenvalue weighted by Crippen LogP contribution is 2.18. The van der Waals surface area contributed by atoms with E-state index in [1.807, 2.05) is 17.7 Å². The van der Waals surface area contributed by atoms with E-state index in [0.29, 0.717) is 5.15 Å². The van der Waals surface area contributed by atoms with Gasteiger partial charge in [0.1, 0.15) is 23.1 Å². The molecule has 0 bridgehead atoms. The topological polar surface area (TPSA) is 43.6 Å². The van der Waals surface area contributed by atoms with Gasteiger partial charge in [-0.25, -0.2) is 15.0 Å². The molecule has 2 aromatic heterocycles. The number of aromatic nitrogens is 4. The van der Waals surface area contributed by atoms with Crippen LogP contribution in [0.4, 0.5) is 0 Å². The number of hydrogen-bond acceptors (Lipinski definition) is 3. The fraction of sp³-hybridized carbons (Fsp3) is 0.300. The lowest BCUT2D eigenvalue weighted by Crippen LogP contribution is -2.04. The van der Waals surface area contributed by atoms with E-state index in [9.17, 15) is 0 Å². The number of nitrogens with zero attached hydrogens (tertiary/aromatic N) is 4. The van der Waals surface area contributed by atoms with E-state index in [-0.39, 0.29) is 0 Å². The van der Waals surface area contributed by atoms with Crippen LogP contribution in [0.2, 0.25) is 5.15 Å². The first-order valence-electron chi connectivity index (χ1n) is 4.73. The minimum atomic E-state index is 0.482. The first-order chi connectivity index (χ1) is 7.24.